The van der Waals surface area contributed by atoms with Crippen LogP contribution < -0.4 is 0 Å². The quantitative estimate of drug-likeness (QED) is 0.774. The van der Waals surface area contributed by atoms with E-state index >= 15 is 0 Å². The van der Waals surface area contributed by atoms with Gasteiger partial charge in [-0.3, -0.25) is 0 Å². The van der Waals surface area contributed by atoms with Crippen molar-refractivity contribution < 1.29 is 17.9 Å². The van der Waals surface area contributed by atoms with Gasteiger partial charge in [-0.05, 0) is 18.8 Å². The van der Waals surface area contributed by atoms with Gasteiger partial charge in [0.25, 0.3) is 10.0 Å². The van der Waals surface area contributed by atoms with Gasteiger partial charge in [-0.15, -0.1) is 0 Å². The van der Waals surface area contributed by atoms with E-state index in [0.717, 1.165) is 6.61 Å². The first kappa shape index (κ1) is 14.6. The lowest BCUT2D eigenvalue weighted by atomic mass is 10.0. The van der Waals surface area contributed by atoms with Crippen molar-refractivity contribution in [2.45, 2.75) is 30.0 Å². The fraction of sp³-hybridized carbons (Fsp3) is 0.786. The molecule has 0 amide bonds. The summed E-state index contributed by atoms with van der Waals surface area (Å²) in [5, 5.41) is 0.100. The van der Waals surface area contributed by atoms with E-state index in [1.165, 1.54) is 23.5 Å². The number of imidazole rings is 1. The van der Waals surface area contributed by atoms with Crippen LogP contribution in [0.25, 0.3) is 0 Å². The molecule has 22 heavy (non-hydrogen) atoms. The van der Waals surface area contributed by atoms with E-state index in [1.54, 1.807) is 17.8 Å². The highest BCUT2D eigenvalue weighted by Gasteiger charge is 2.51. The molecule has 2 saturated heterocycles. The predicted octanol–water partition coefficient (Wildman–Crippen LogP) is 0.235. The normalized spacial score (nSPS) is 32.5. The number of hydrogen-bond acceptors (Lipinski definition) is 5. The van der Waals surface area contributed by atoms with Crippen molar-refractivity contribution in [3.63, 3.8) is 0 Å². The third-order valence-electron chi connectivity index (χ3n) is 4.80. The molecule has 122 valence electrons. The van der Waals surface area contributed by atoms with Crippen LogP contribution in [0.3, 0.4) is 0 Å². The van der Waals surface area contributed by atoms with E-state index < -0.39 is 10.0 Å². The minimum Gasteiger partial charge on any atom is -0.379 e. The molecule has 0 unspecified atom stereocenters. The molecule has 0 radical (unpaired) electrons. The minimum absolute atomic E-state index is 0.0633. The van der Waals surface area contributed by atoms with Crippen molar-refractivity contribution in [2.24, 2.45) is 18.9 Å². The molecule has 2 aliphatic heterocycles. The number of ether oxygens (including phenoxy) is 2. The molecule has 0 bridgehead atoms. The number of sulfonamides is 1. The molecule has 3 fully saturated rings. The van der Waals surface area contributed by atoms with Crippen LogP contribution in [0.4, 0.5) is 0 Å². The molecule has 3 heterocycles. The Morgan fingerprint density at radius 1 is 1.41 bits per heavy atom. The second kappa shape index (κ2) is 5.30. The molecule has 1 aromatic rings. The Morgan fingerprint density at radius 2 is 2.23 bits per heavy atom. The van der Waals surface area contributed by atoms with Gasteiger partial charge in [0.2, 0.25) is 0 Å². The molecular weight excluding hydrogens is 306 g/mol. The molecule has 0 spiro atoms. The Kier molecular flexibility index (Phi) is 3.52. The Bertz CT molecular complexity index is 655. The zero-order chi connectivity index (χ0) is 15.3. The maximum Gasteiger partial charge on any atom is 0.262 e. The van der Waals surface area contributed by atoms with Gasteiger partial charge >= 0.3 is 0 Å². The summed E-state index contributed by atoms with van der Waals surface area (Å²) in [6.45, 7) is 2.17. The summed E-state index contributed by atoms with van der Waals surface area (Å²) < 4.78 is 40.3. The monoisotopic (exact) mass is 327 g/mol. The zero-order valence-electron chi connectivity index (χ0n) is 12.6. The van der Waals surface area contributed by atoms with Crippen LogP contribution in [0.2, 0.25) is 0 Å². The van der Waals surface area contributed by atoms with E-state index in [2.05, 4.69) is 4.98 Å². The van der Waals surface area contributed by atoms with Gasteiger partial charge in [-0.1, -0.05) is 0 Å². The second-order valence-electron chi connectivity index (χ2n) is 6.54. The van der Waals surface area contributed by atoms with Gasteiger partial charge in [-0.2, -0.15) is 4.31 Å². The lowest BCUT2D eigenvalue weighted by Crippen LogP contribution is -2.38. The molecule has 3 atom stereocenters. The van der Waals surface area contributed by atoms with E-state index in [9.17, 15) is 8.42 Å². The Balaban J connectivity index is 1.55. The predicted molar refractivity (Wildman–Crippen MR) is 77.7 cm³/mol. The molecule has 1 aromatic heterocycles. The van der Waals surface area contributed by atoms with Crippen LogP contribution in [0.5, 0.6) is 0 Å². The number of aryl methyl sites for hydroxylation is 1. The largest absolute Gasteiger partial charge is 0.379 e. The SMILES string of the molecule is Cn1cnc(S(=O)(=O)N2C[C@@H](OCC3CC3)[C@@H]3COC[C@@H]32)c1. The highest BCUT2D eigenvalue weighted by atomic mass is 32.2. The Morgan fingerprint density at radius 3 is 2.91 bits per heavy atom. The summed E-state index contributed by atoms with van der Waals surface area (Å²) in [4.78, 5) is 4.01. The van der Waals surface area contributed by atoms with Crippen LogP contribution in [0, 0.1) is 11.8 Å². The maximum absolute atomic E-state index is 12.8. The van der Waals surface area contributed by atoms with Crippen molar-refractivity contribution in [1.29, 1.82) is 0 Å². The smallest absolute Gasteiger partial charge is 0.262 e. The highest BCUT2D eigenvalue weighted by Crippen LogP contribution is 2.37. The lowest BCUT2D eigenvalue weighted by Gasteiger charge is -2.20. The first-order valence-corrected chi connectivity index (χ1v) is 9.19. The van der Waals surface area contributed by atoms with E-state index in [4.69, 9.17) is 9.47 Å². The summed E-state index contributed by atoms with van der Waals surface area (Å²) >= 11 is 0. The standard InChI is InChI=1S/C14H21N3O4S/c1-16-5-14(15-9-16)22(18,19)17-4-13(21-6-10-2-3-10)11-7-20-8-12(11)17/h5,9-13H,2-4,6-8H2,1H3/t11-,12+,13-/m1/s1. The molecule has 1 saturated carbocycles. The molecule has 0 N–H and O–H groups in total. The molecule has 8 heteroatoms. The maximum atomic E-state index is 12.8. The van der Waals surface area contributed by atoms with Crippen molar-refractivity contribution in [1.82, 2.24) is 13.9 Å². The van der Waals surface area contributed by atoms with Crippen molar-refractivity contribution in [3.05, 3.63) is 12.5 Å². The summed E-state index contributed by atoms with van der Waals surface area (Å²) in [5.74, 6) is 0.805. The second-order valence-corrected chi connectivity index (χ2v) is 8.37. The molecule has 0 aromatic carbocycles. The summed E-state index contributed by atoms with van der Waals surface area (Å²) in [5.41, 5.74) is 0. The molecule has 3 aliphatic rings. The number of rotatable bonds is 5. The summed E-state index contributed by atoms with van der Waals surface area (Å²) in [6, 6.07) is -0.129. The summed E-state index contributed by atoms with van der Waals surface area (Å²) in [6.07, 6.45) is 5.44. The van der Waals surface area contributed by atoms with Gasteiger partial charge in [-0.25, -0.2) is 13.4 Å². The number of hydrogen-bond donors (Lipinski definition) is 0. The summed E-state index contributed by atoms with van der Waals surface area (Å²) in [7, 11) is -1.82. The molecule has 4 rings (SSSR count). The number of aromatic nitrogens is 2. The van der Waals surface area contributed by atoms with Crippen LogP contribution in [-0.2, 0) is 26.5 Å². The molecule has 7 nitrogen and oxygen atoms in total. The average Bonchev–Trinajstić information content (AvgIpc) is 2.88. The third-order valence-corrected chi connectivity index (χ3v) is 6.57. The van der Waals surface area contributed by atoms with Crippen molar-refractivity contribution in [2.75, 3.05) is 26.4 Å². The van der Waals surface area contributed by atoms with Crippen LogP contribution in [-0.4, -0.2) is 60.8 Å². The van der Waals surface area contributed by atoms with Crippen molar-refractivity contribution >= 4 is 10.0 Å². The van der Waals surface area contributed by atoms with Crippen LogP contribution >= 0.6 is 0 Å². The first-order valence-electron chi connectivity index (χ1n) is 7.75. The number of nitrogens with zero attached hydrogens (tertiary/aromatic N) is 3. The van der Waals surface area contributed by atoms with Gasteiger partial charge < -0.3 is 14.0 Å². The minimum atomic E-state index is -3.59. The fourth-order valence-electron chi connectivity index (χ4n) is 3.30. The van der Waals surface area contributed by atoms with Crippen LogP contribution in [0.1, 0.15) is 12.8 Å². The van der Waals surface area contributed by atoms with Gasteiger partial charge in [0.05, 0.1) is 31.7 Å². The topological polar surface area (TPSA) is 73.7 Å². The van der Waals surface area contributed by atoms with Crippen molar-refractivity contribution in [3.8, 4) is 0 Å². The van der Waals surface area contributed by atoms with E-state index in [1.807, 2.05) is 0 Å². The first-order chi connectivity index (χ1) is 10.6. The third kappa shape index (κ3) is 2.47. The Hall–Kier alpha value is -0.960. The molecule has 1 aliphatic carbocycles. The van der Waals surface area contributed by atoms with Gasteiger partial charge in [0.15, 0.2) is 5.03 Å². The van der Waals surface area contributed by atoms with E-state index in [0.29, 0.717) is 25.7 Å². The molecular formula is C14H21N3O4S. The number of fused-ring (bicyclic) bond motifs is 1. The lowest BCUT2D eigenvalue weighted by molar-refractivity contribution is 0.0177. The Labute approximate surface area is 130 Å². The van der Waals surface area contributed by atoms with E-state index in [-0.39, 0.29) is 23.1 Å². The van der Waals surface area contributed by atoms with Crippen LogP contribution in [0.15, 0.2) is 17.6 Å². The van der Waals surface area contributed by atoms with Gasteiger partial charge in [0.1, 0.15) is 0 Å². The fourth-order valence-corrected chi connectivity index (χ4v) is 4.94. The van der Waals surface area contributed by atoms with Gasteiger partial charge in [0, 0.05) is 32.3 Å². The highest BCUT2D eigenvalue weighted by molar-refractivity contribution is 7.89. The average molecular weight is 327 g/mol. The zero-order valence-corrected chi connectivity index (χ0v) is 13.4.